The van der Waals surface area contributed by atoms with Crippen LogP contribution in [0.15, 0.2) is 12.2 Å². The molecule has 0 aliphatic heterocycles. The maximum Gasteiger partial charge on any atom is 0.306 e. The number of likely N-dealkylation sites (N-methyl/N-ethyl adjacent to an activating group) is 1. The largest absolute Gasteiger partial charge is 0.756 e. The fraction of sp³-hybridized carbons (Fsp3) is 0.907. The summed E-state index contributed by atoms with van der Waals surface area (Å²) >= 11 is 0. The fourth-order valence-corrected chi connectivity index (χ4v) is 6.79. The van der Waals surface area contributed by atoms with Crippen molar-refractivity contribution in [3.63, 3.8) is 0 Å². The van der Waals surface area contributed by atoms with Gasteiger partial charge in [0.25, 0.3) is 7.82 Å². The van der Waals surface area contributed by atoms with Crippen LogP contribution < -0.4 is 4.89 Å². The first-order valence-corrected chi connectivity index (χ1v) is 23.4. The molecular formula is C43H84NO8P. The minimum Gasteiger partial charge on any atom is -0.756 e. The van der Waals surface area contributed by atoms with E-state index in [4.69, 9.17) is 18.5 Å². The van der Waals surface area contributed by atoms with Gasteiger partial charge in [-0.15, -0.1) is 0 Å². The SMILES string of the molecule is CCCCCCCC/C=C/CCCCCCCCCC(=O)O[C@H](COC(=O)CCCCCCCCCCCCCC)COP(=O)([O-])OCC[N+](C)(C)C. The maximum absolute atomic E-state index is 12.7. The molecule has 0 N–H and O–H groups in total. The molecule has 0 fully saturated rings. The van der Waals surface area contributed by atoms with E-state index in [1.807, 2.05) is 21.1 Å². The minimum absolute atomic E-state index is 0.0286. The van der Waals surface area contributed by atoms with Gasteiger partial charge in [-0.1, -0.05) is 161 Å². The van der Waals surface area contributed by atoms with Crippen molar-refractivity contribution in [2.24, 2.45) is 0 Å². The van der Waals surface area contributed by atoms with Gasteiger partial charge in [0.1, 0.15) is 19.8 Å². The summed E-state index contributed by atoms with van der Waals surface area (Å²) < 4.78 is 33.9. The van der Waals surface area contributed by atoms with E-state index in [9.17, 15) is 19.0 Å². The zero-order chi connectivity index (χ0) is 39.3. The van der Waals surface area contributed by atoms with Crippen molar-refractivity contribution in [1.29, 1.82) is 0 Å². The molecule has 0 aliphatic rings. The number of carbonyl (C=O) groups is 2. The van der Waals surface area contributed by atoms with Crippen LogP contribution in [0.4, 0.5) is 0 Å². The molecule has 0 heterocycles. The summed E-state index contributed by atoms with van der Waals surface area (Å²) in [6, 6.07) is 0. The van der Waals surface area contributed by atoms with Gasteiger partial charge in [0.15, 0.2) is 6.10 Å². The van der Waals surface area contributed by atoms with E-state index in [2.05, 4.69) is 26.0 Å². The summed E-state index contributed by atoms with van der Waals surface area (Å²) in [4.78, 5) is 37.5. The summed E-state index contributed by atoms with van der Waals surface area (Å²) in [7, 11) is 1.17. The Hall–Kier alpha value is -1.25. The van der Waals surface area contributed by atoms with Crippen molar-refractivity contribution >= 4 is 19.8 Å². The van der Waals surface area contributed by atoms with E-state index in [0.29, 0.717) is 17.4 Å². The van der Waals surface area contributed by atoms with Gasteiger partial charge < -0.3 is 27.9 Å². The molecule has 0 amide bonds. The molecule has 0 bridgehead atoms. The molecule has 0 aromatic rings. The van der Waals surface area contributed by atoms with E-state index in [1.54, 1.807) is 0 Å². The number of unbranched alkanes of at least 4 members (excludes halogenated alkanes) is 24. The third kappa shape index (κ3) is 40.2. The van der Waals surface area contributed by atoms with Crippen LogP contribution in [-0.2, 0) is 32.7 Å². The van der Waals surface area contributed by atoms with Crippen LogP contribution >= 0.6 is 7.82 Å². The number of hydrogen-bond acceptors (Lipinski definition) is 8. The zero-order valence-corrected chi connectivity index (χ0v) is 36.1. The monoisotopic (exact) mass is 774 g/mol. The van der Waals surface area contributed by atoms with E-state index in [-0.39, 0.29) is 32.0 Å². The Morgan fingerprint density at radius 1 is 0.566 bits per heavy atom. The molecule has 0 aliphatic carbocycles. The molecule has 0 aromatic carbocycles. The van der Waals surface area contributed by atoms with Gasteiger partial charge in [-0.3, -0.25) is 14.2 Å². The Bertz CT molecular complexity index is 922. The number of allylic oxidation sites excluding steroid dienone is 2. The zero-order valence-electron chi connectivity index (χ0n) is 35.2. The first kappa shape index (κ1) is 51.8. The van der Waals surface area contributed by atoms with Gasteiger partial charge in [0, 0.05) is 12.8 Å². The number of carbonyl (C=O) groups excluding carboxylic acids is 2. The lowest BCUT2D eigenvalue weighted by Crippen LogP contribution is -2.37. The molecule has 9 nitrogen and oxygen atoms in total. The number of phosphoric acid groups is 1. The van der Waals surface area contributed by atoms with Crippen molar-refractivity contribution in [2.75, 3.05) is 47.5 Å². The highest BCUT2D eigenvalue weighted by Crippen LogP contribution is 2.38. The van der Waals surface area contributed by atoms with Gasteiger partial charge in [-0.2, -0.15) is 0 Å². The number of phosphoric ester groups is 1. The molecule has 10 heteroatoms. The molecular weight excluding hydrogens is 689 g/mol. The van der Waals surface area contributed by atoms with Gasteiger partial charge in [0.05, 0.1) is 27.7 Å². The quantitative estimate of drug-likeness (QED) is 0.0199. The lowest BCUT2D eigenvalue weighted by molar-refractivity contribution is -0.870. The third-order valence-electron chi connectivity index (χ3n) is 9.54. The average molecular weight is 774 g/mol. The van der Waals surface area contributed by atoms with Crippen LogP contribution in [-0.4, -0.2) is 70.0 Å². The van der Waals surface area contributed by atoms with Crippen LogP contribution in [0.2, 0.25) is 0 Å². The van der Waals surface area contributed by atoms with Crippen molar-refractivity contribution in [3.8, 4) is 0 Å². The minimum atomic E-state index is -4.62. The number of esters is 2. The molecule has 0 saturated heterocycles. The predicted octanol–water partition coefficient (Wildman–Crippen LogP) is 11.6. The molecule has 0 saturated carbocycles. The van der Waals surface area contributed by atoms with Crippen LogP contribution in [0.3, 0.4) is 0 Å². The molecule has 1 unspecified atom stereocenters. The van der Waals surface area contributed by atoms with Crippen LogP contribution in [0.5, 0.6) is 0 Å². The van der Waals surface area contributed by atoms with Gasteiger partial charge in [-0.05, 0) is 38.5 Å². The number of rotatable bonds is 40. The van der Waals surface area contributed by atoms with Crippen LogP contribution in [0, 0.1) is 0 Å². The second-order valence-electron chi connectivity index (χ2n) is 16.1. The molecule has 0 rings (SSSR count). The van der Waals surface area contributed by atoms with Gasteiger partial charge in [-0.25, -0.2) is 0 Å². The fourth-order valence-electron chi connectivity index (χ4n) is 6.06. The summed E-state index contributed by atoms with van der Waals surface area (Å²) in [5.74, 6) is -0.832. The lowest BCUT2D eigenvalue weighted by atomic mass is 10.0. The molecule has 0 aromatic heterocycles. The van der Waals surface area contributed by atoms with Crippen molar-refractivity contribution in [1.82, 2.24) is 0 Å². The predicted molar refractivity (Wildman–Crippen MR) is 218 cm³/mol. The Kier molecular flexibility index (Phi) is 35.5. The topological polar surface area (TPSA) is 111 Å². The van der Waals surface area contributed by atoms with E-state index >= 15 is 0 Å². The first-order valence-electron chi connectivity index (χ1n) is 21.9. The standard InChI is InChI=1S/C43H84NO8P/c1-6-8-10-12-14-16-18-20-21-22-23-24-26-28-30-32-34-36-43(46)52-41(40-51-53(47,48)50-38-37-44(3,4)5)39-49-42(45)35-33-31-29-27-25-19-17-15-13-11-9-7-2/h20-21,41H,6-19,22-40H2,1-5H3/b21-20+/t41-/m1/s1. The Labute approximate surface area is 326 Å². The van der Waals surface area contributed by atoms with E-state index in [1.165, 1.54) is 122 Å². The lowest BCUT2D eigenvalue weighted by Gasteiger charge is -2.28. The van der Waals surface area contributed by atoms with Crippen molar-refractivity contribution < 1.29 is 42.1 Å². The maximum atomic E-state index is 12.7. The van der Waals surface area contributed by atoms with Crippen molar-refractivity contribution in [3.05, 3.63) is 12.2 Å². The van der Waals surface area contributed by atoms with E-state index in [0.717, 1.165) is 44.9 Å². The smallest absolute Gasteiger partial charge is 0.306 e. The van der Waals surface area contributed by atoms with Crippen LogP contribution in [0.1, 0.15) is 200 Å². The number of hydrogen-bond donors (Lipinski definition) is 0. The Balaban J connectivity index is 4.34. The summed E-state index contributed by atoms with van der Waals surface area (Å²) in [5.41, 5.74) is 0. The highest BCUT2D eigenvalue weighted by molar-refractivity contribution is 7.45. The highest BCUT2D eigenvalue weighted by atomic mass is 31.2. The Morgan fingerprint density at radius 3 is 1.40 bits per heavy atom. The number of nitrogens with zero attached hydrogens (tertiary/aromatic N) is 1. The normalized spacial score (nSPS) is 13.7. The van der Waals surface area contributed by atoms with Crippen LogP contribution in [0.25, 0.3) is 0 Å². The molecule has 2 atom stereocenters. The molecule has 0 radical (unpaired) electrons. The second kappa shape index (κ2) is 36.4. The van der Waals surface area contributed by atoms with Gasteiger partial charge in [0.2, 0.25) is 0 Å². The highest BCUT2D eigenvalue weighted by Gasteiger charge is 2.21. The summed E-state index contributed by atoms with van der Waals surface area (Å²) in [6.45, 7) is 4.23. The Morgan fingerprint density at radius 2 is 0.962 bits per heavy atom. The summed E-state index contributed by atoms with van der Waals surface area (Å²) in [6.07, 6.45) is 36.6. The van der Waals surface area contributed by atoms with Crippen molar-refractivity contribution in [2.45, 2.75) is 206 Å². The number of quaternary nitrogens is 1. The molecule has 0 spiro atoms. The van der Waals surface area contributed by atoms with E-state index < -0.39 is 26.5 Å². The first-order chi connectivity index (χ1) is 25.5. The molecule has 314 valence electrons. The average Bonchev–Trinajstić information content (AvgIpc) is 3.10. The second-order valence-corrected chi connectivity index (χ2v) is 17.5. The third-order valence-corrected chi connectivity index (χ3v) is 10.5. The summed E-state index contributed by atoms with van der Waals surface area (Å²) in [5, 5.41) is 0. The number of ether oxygens (including phenoxy) is 2. The molecule has 53 heavy (non-hydrogen) atoms. The van der Waals surface area contributed by atoms with Gasteiger partial charge >= 0.3 is 11.9 Å².